The third-order valence-corrected chi connectivity index (χ3v) is 4.70. The lowest BCUT2D eigenvalue weighted by atomic mass is 9.93. The van der Waals surface area contributed by atoms with E-state index in [-0.39, 0.29) is 23.8 Å². The smallest absolute Gasteiger partial charge is 0.273 e. The summed E-state index contributed by atoms with van der Waals surface area (Å²) in [4.78, 5) is 22.5. The minimum atomic E-state index is -0.0327. The fourth-order valence-corrected chi connectivity index (χ4v) is 3.60. The summed E-state index contributed by atoms with van der Waals surface area (Å²) in [6, 6.07) is 0. The van der Waals surface area contributed by atoms with Gasteiger partial charge in [0.1, 0.15) is 5.69 Å². The van der Waals surface area contributed by atoms with Crippen LogP contribution >= 0.6 is 11.3 Å². The molecule has 0 N–H and O–H groups in total. The second-order valence-electron chi connectivity index (χ2n) is 5.41. The molecule has 2 aliphatic rings. The minimum Gasteiger partial charge on any atom is -0.375 e. The van der Waals surface area contributed by atoms with Gasteiger partial charge in [-0.25, -0.2) is 4.98 Å². The maximum atomic E-state index is 12.3. The molecule has 2 aromatic heterocycles. The van der Waals surface area contributed by atoms with Crippen LogP contribution in [0.15, 0.2) is 15.4 Å². The van der Waals surface area contributed by atoms with E-state index >= 15 is 0 Å². The van der Waals surface area contributed by atoms with Crippen molar-refractivity contribution in [1.29, 1.82) is 0 Å². The number of nitrogens with zero attached hydrogens (tertiary/aromatic N) is 4. The fraction of sp³-hybridized carbons (Fsp3) is 0.538. The lowest BCUT2D eigenvalue weighted by Crippen LogP contribution is -2.31. The number of aromatic nitrogens is 3. The number of rotatable bonds is 2. The molecule has 0 aromatic carbocycles. The van der Waals surface area contributed by atoms with Crippen LogP contribution in [0.5, 0.6) is 0 Å². The summed E-state index contributed by atoms with van der Waals surface area (Å²) in [5.41, 5.74) is 2.18. The van der Waals surface area contributed by atoms with Crippen molar-refractivity contribution in [1.82, 2.24) is 20.0 Å². The van der Waals surface area contributed by atoms with Crippen LogP contribution in [0, 0.1) is 12.8 Å². The van der Waals surface area contributed by atoms with Crippen LogP contribution in [0.1, 0.15) is 28.1 Å². The molecule has 2 fully saturated rings. The van der Waals surface area contributed by atoms with E-state index in [1.807, 2.05) is 0 Å². The lowest BCUT2D eigenvalue weighted by molar-refractivity contribution is 0.0681. The monoisotopic (exact) mass is 306 g/mol. The maximum Gasteiger partial charge on any atom is 0.273 e. The molecule has 2 aliphatic heterocycles. The van der Waals surface area contributed by atoms with Gasteiger partial charge in [-0.1, -0.05) is 5.16 Å². The van der Waals surface area contributed by atoms with Crippen molar-refractivity contribution in [3.05, 3.63) is 28.3 Å². The van der Waals surface area contributed by atoms with Crippen LogP contribution in [0.25, 0.3) is 0 Å². The number of ether oxygens (including phenoxy) is 1. The number of fused-ring (bicyclic) bond motifs is 1. The first-order chi connectivity index (χ1) is 10.2. The van der Waals surface area contributed by atoms with E-state index in [0.29, 0.717) is 37.1 Å². The quantitative estimate of drug-likeness (QED) is 0.826. The lowest BCUT2D eigenvalue weighted by Gasteiger charge is -2.17. The van der Waals surface area contributed by atoms with Gasteiger partial charge in [-0.2, -0.15) is 4.98 Å². The van der Waals surface area contributed by atoms with Gasteiger partial charge in [-0.15, -0.1) is 11.3 Å². The molecular formula is C13H14N4O3S. The van der Waals surface area contributed by atoms with Crippen molar-refractivity contribution in [3.8, 4) is 0 Å². The van der Waals surface area contributed by atoms with Gasteiger partial charge in [0.05, 0.1) is 24.1 Å². The molecule has 21 heavy (non-hydrogen) atoms. The molecule has 0 aliphatic carbocycles. The number of hydrogen-bond donors (Lipinski definition) is 0. The molecule has 2 aromatic rings. The van der Waals surface area contributed by atoms with Crippen LogP contribution in [-0.4, -0.2) is 51.7 Å². The highest BCUT2D eigenvalue weighted by atomic mass is 32.1. The molecule has 4 rings (SSSR count). The molecule has 2 saturated heterocycles. The average Bonchev–Trinajstić information content (AvgIpc) is 3.21. The van der Waals surface area contributed by atoms with E-state index in [4.69, 9.17) is 9.26 Å². The zero-order valence-corrected chi connectivity index (χ0v) is 12.2. The highest BCUT2D eigenvalue weighted by Gasteiger charge is 2.48. The van der Waals surface area contributed by atoms with Crippen molar-refractivity contribution in [2.24, 2.45) is 5.92 Å². The predicted molar refractivity (Wildman–Crippen MR) is 73.0 cm³/mol. The first kappa shape index (κ1) is 12.9. The Morgan fingerprint density at radius 2 is 2.38 bits per heavy atom. The maximum absolute atomic E-state index is 12.3. The molecule has 0 bridgehead atoms. The van der Waals surface area contributed by atoms with Gasteiger partial charge >= 0.3 is 0 Å². The van der Waals surface area contributed by atoms with Gasteiger partial charge in [0, 0.05) is 24.4 Å². The molecule has 110 valence electrons. The number of likely N-dealkylation sites (tertiary alicyclic amines) is 1. The number of carbonyl (C=O) groups excluding carboxylic acids is 1. The van der Waals surface area contributed by atoms with Crippen molar-refractivity contribution in [3.63, 3.8) is 0 Å². The molecule has 0 radical (unpaired) electrons. The van der Waals surface area contributed by atoms with E-state index < -0.39 is 0 Å². The van der Waals surface area contributed by atoms with Crippen LogP contribution in [0.4, 0.5) is 0 Å². The number of hydrogen-bond acceptors (Lipinski definition) is 7. The SMILES string of the molecule is Cc1noc([C@@H]2CO[C@H]3CN(C(=O)c4cscn4)C[C@H]32)n1. The first-order valence-corrected chi connectivity index (χ1v) is 7.76. The molecule has 4 heterocycles. The number of carbonyl (C=O) groups is 1. The van der Waals surface area contributed by atoms with E-state index in [0.717, 1.165) is 0 Å². The Hall–Kier alpha value is -1.80. The van der Waals surface area contributed by atoms with E-state index in [1.54, 1.807) is 22.7 Å². The summed E-state index contributed by atoms with van der Waals surface area (Å²) in [6.45, 7) is 3.63. The average molecular weight is 306 g/mol. The number of amides is 1. The molecule has 0 spiro atoms. The van der Waals surface area contributed by atoms with Crippen LogP contribution in [-0.2, 0) is 4.74 Å². The van der Waals surface area contributed by atoms with Crippen LogP contribution in [0.3, 0.4) is 0 Å². The van der Waals surface area contributed by atoms with Crippen molar-refractivity contribution >= 4 is 17.2 Å². The van der Waals surface area contributed by atoms with Gasteiger partial charge in [0.25, 0.3) is 5.91 Å². The molecule has 1 amide bonds. The highest BCUT2D eigenvalue weighted by Crippen LogP contribution is 2.39. The molecular weight excluding hydrogens is 292 g/mol. The first-order valence-electron chi connectivity index (χ1n) is 6.81. The van der Waals surface area contributed by atoms with Crippen molar-refractivity contribution < 1.29 is 14.1 Å². The third kappa shape index (κ3) is 2.14. The van der Waals surface area contributed by atoms with Crippen molar-refractivity contribution in [2.45, 2.75) is 18.9 Å². The molecule has 8 heteroatoms. The van der Waals surface area contributed by atoms with Crippen LogP contribution < -0.4 is 0 Å². The molecule has 3 atom stereocenters. The standard InChI is InChI=1S/C13H14N4O3S/c1-7-15-12(20-16-7)9-4-19-11-3-17(2-8(9)11)13(18)10-5-21-6-14-10/h5-6,8-9,11H,2-4H2,1H3/t8-,9+,11-/m0/s1. The zero-order valence-electron chi connectivity index (χ0n) is 11.4. The van der Waals surface area contributed by atoms with E-state index in [9.17, 15) is 4.79 Å². The zero-order chi connectivity index (χ0) is 14.4. The fourth-order valence-electron chi connectivity index (χ4n) is 3.08. The number of thiazole rings is 1. The normalized spacial score (nSPS) is 28.0. The molecule has 7 nitrogen and oxygen atoms in total. The summed E-state index contributed by atoms with van der Waals surface area (Å²) in [5.74, 6) is 1.50. The molecule has 0 unspecified atom stereocenters. The Morgan fingerprint density at radius 3 is 3.10 bits per heavy atom. The van der Waals surface area contributed by atoms with Crippen molar-refractivity contribution in [2.75, 3.05) is 19.7 Å². The topological polar surface area (TPSA) is 81.4 Å². The Kier molecular flexibility index (Phi) is 3.00. The largest absolute Gasteiger partial charge is 0.375 e. The van der Waals surface area contributed by atoms with Gasteiger partial charge in [-0.3, -0.25) is 4.79 Å². The second kappa shape index (κ2) is 4.88. The Labute approximate surface area is 124 Å². The summed E-state index contributed by atoms with van der Waals surface area (Å²) in [6.07, 6.45) is 0.0461. The van der Waals surface area contributed by atoms with E-state index in [2.05, 4.69) is 15.1 Å². The van der Waals surface area contributed by atoms with E-state index in [1.165, 1.54) is 11.3 Å². The summed E-state index contributed by atoms with van der Waals surface area (Å²) < 4.78 is 11.1. The minimum absolute atomic E-state index is 0.0327. The Balaban J connectivity index is 1.52. The summed E-state index contributed by atoms with van der Waals surface area (Å²) >= 11 is 1.43. The van der Waals surface area contributed by atoms with Gasteiger partial charge in [0.15, 0.2) is 5.82 Å². The van der Waals surface area contributed by atoms with Gasteiger partial charge in [-0.05, 0) is 6.92 Å². The predicted octanol–water partition coefficient (Wildman–Crippen LogP) is 1.09. The summed E-state index contributed by atoms with van der Waals surface area (Å²) in [5, 5.41) is 5.61. The Morgan fingerprint density at radius 1 is 1.48 bits per heavy atom. The second-order valence-corrected chi connectivity index (χ2v) is 6.12. The molecule has 0 saturated carbocycles. The Bertz CT molecular complexity index is 656. The van der Waals surface area contributed by atoms with Crippen LogP contribution in [0.2, 0.25) is 0 Å². The number of aryl methyl sites for hydroxylation is 1. The van der Waals surface area contributed by atoms with Gasteiger partial charge < -0.3 is 14.2 Å². The third-order valence-electron chi connectivity index (χ3n) is 4.11. The highest BCUT2D eigenvalue weighted by molar-refractivity contribution is 7.07. The summed E-state index contributed by atoms with van der Waals surface area (Å²) in [7, 11) is 0. The van der Waals surface area contributed by atoms with Gasteiger partial charge in [0.2, 0.25) is 5.89 Å².